The van der Waals surface area contributed by atoms with Gasteiger partial charge in [0.2, 0.25) is 0 Å². The molecule has 3 heteroatoms. The van der Waals surface area contributed by atoms with Crippen LogP contribution in [0.2, 0.25) is 0 Å². The van der Waals surface area contributed by atoms with Gasteiger partial charge in [0, 0.05) is 0 Å². The fourth-order valence-corrected chi connectivity index (χ4v) is 1.85. The molecule has 2 N–H and O–H groups in total. The first-order valence-corrected chi connectivity index (χ1v) is 5.10. The van der Waals surface area contributed by atoms with Gasteiger partial charge in [-0.3, -0.25) is 0 Å². The fraction of sp³-hybridized carbons (Fsp3) is 0.167. The van der Waals surface area contributed by atoms with Gasteiger partial charge < -0.3 is 10.0 Å². The van der Waals surface area contributed by atoms with Gasteiger partial charge in [0.05, 0.1) is 0 Å². The molecule has 0 unspecified atom stereocenters. The summed E-state index contributed by atoms with van der Waals surface area (Å²) in [7, 11) is -1.38. The Morgan fingerprint density at radius 3 is 2.20 bits per heavy atom. The van der Waals surface area contributed by atoms with Crippen LogP contribution in [-0.4, -0.2) is 17.2 Å². The van der Waals surface area contributed by atoms with E-state index in [1.807, 2.05) is 43.3 Å². The van der Waals surface area contributed by atoms with Crippen molar-refractivity contribution in [3.63, 3.8) is 0 Å². The van der Waals surface area contributed by atoms with Crippen molar-refractivity contribution in [2.75, 3.05) is 0 Å². The molecule has 0 amide bonds. The molecule has 0 spiro atoms. The first kappa shape index (κ1) is 10.2. The molecule has 0 bridgehead atoms. The van der Waals surface area contributed by atoms with Gasteiger partial charge in [0.25, 0.3) is 0 Å². The summed E-state index contributed by atoms with van der Waals surface area (Å²) < 4.78 is 0. The zero-order valence-electron chi connectivity index (χ0n) is 8.64. The van der Waals surface area contributed by atoms with Gasteiger partial charge in [-0.15, -0.1) is 0 Å². The highest BCUT2D eigenvalue weighted by Gasteiger charge is 2.15. The van der Waals surface area contributed by atoms with Gasteiger partial charge in [-0.1, -0.05) is 43.3 Å². The number of rotatable bonds is 2. The average Bonchev–Trinajstić information content (AvgIpc) is 2.27. The van der Waals surface area contributed by atoms with E-state index < -0.39 is 7.12 Å². The second-order valence-corrected chi connectivity index (χ2v) is 3.63. The number of hydrogen-bond donors (Lipinski definition) is 2. The number of fused-ring (bicyclic) bond motifs is 1. The maximum Gasteiger partial charge on any atom is 0.488 e. The maximum absolute atomic E-state index is 9.25. The monoisotopic (exact) mass is 200 g/mol. The Morgan fingerprint density at radius 1 is 1.07 bits per heavy atom. The normalized spacial score (nSPS) is 10.6. The van der Waals surface area contributed by atoms with Crippen LogP contribution in [0.5, 0.6) is 0 Å². The van der Waals surface area contributed by atoms with E-state index in [4.69, 9.17) is 0 Å². The summed E-state index contributed by atoms with van der Waals surface area (Å²) in [5.74, 6) is 0. The van der Waals surface area contributed by atoms with Crippen LogP contribution in [0.3, 0.4) is 0 Å². The Hall–Kier alpha value is -1.32. The number of aryl methyl sites for hydroxylation is 1. The third-order valence-corrected chi connectivity index (χ3v) is 2.67. The molecule has 0 saturated carbocycles. The molecule has 2 aromatic carbocycles. The van der Waals surface area contributed by atoms with Crippen LogP contribution in [0.4, 0.5) is 0 Å². The minimum Gasteiger partial charge on any atom is -0.423 e. The van der Waals surface area contributed by atoms with Crippen molar-refractivity contribution in [1.82, 2.24) is 0 Å². The fourth-order valence-electron chi connectivity index (χ4n) is 1.85. The molecule has 76 valence electrons. The summed E-state index contributed by atoms with van der Waals surface area (Å²) in [6, 6.07) is 11.8. The van der Waals surface area contributed by atoms with E-state index in [1.54, 1.807) is 0 Å². The van der Waals surface area contributed by atoms with E-state index in [0.29, 0.717) is 5.46 Å². The molecule has 0 aromatic heterocycles. The lowest BCUT2D eigenvalue weighted by molar-refractivity contribution is 0.425. The number of hydrogen-bond acceptors (Lipinski definition) is 2. The third-order valence-electron chi connectivity index (χ3n) is 2.67. The highest BCUT2D eigenvalue weighted by molar-refractivity contribution is 6.59. The molecule has 0 aliphatic carbocycles. The molecular weight excluding hydrogens is 187 g/mol. The van der Waals surface area contributed by atoms with E-state index in [-0.39, 0.29) is 0 Å². The average molecular weight is 200 g/mol. The second-order valence-electron chi connectivity index (χ2n) is 3.63. The standard InChI is InChI=1S/C12H13BO2/c1-2-9-7-10-5-3-4-6-11(10)8-12(9)13(14)15/h3-8,14-15H,2H2,1H3. The van der Waals surface area contributed by atoms with Gasteiger partial charge in [0.15, 0.2) is 0 Å². The zero-order valence-corrected chi connectivity index (χ0v) is 8.64. The summed E-state index contributed by atoms with van der Waals surface area (Å²) in [5.41, 5.74) is 1.60. The first-order chi connectivity index (χ1) is 7.22. The van der Waals surface area contributed by atoms with Gasteiger partial charge in [-0.25, -0.2) is 0 Å². The molecule has 0 radical (unpaired) electrons. The summed E-state index contributed by atoms with van der Waals surface area (Å²) in [6.45, 7) is 2.01. The molecule has 0 heterocycles. The van der Waals surface area contributed by atoms with Crippen LogP contribution in [0, 0.1) is 0 Å². The van der Waals surface area contributed by atoms with Crippen LogP contribution in [0.25, 0.3) is 10.8 Å². The van der Waals surface area contributed by atoms with Crippen molar-refractivity contribution in [2.45, 2.75) is 13.3 Å². The lowest BCUT2D eigenvalue weighted by atomic mass is 9.75. The first-order valence-electron chi connectivity index (χ1n) is 5.10. The van der Waals surface area contributed by atoms with Crippen molar-refractivity contribution < 1.29 is 10.0 Å². The van der Waals surface area contributed by atoms with Crippen LogP contribution >= 0.6 is 0 Å². The van der Waals surface area contributed by atoms with E-state index in [2.05, 4.69) is 0 Å². The quantitative estimate of drug-likeness (QED) is 0.712. The Balaban J connectivity index is 2.69. The molecular formula is C12H13BO2. The Labute approximate surface area is 89.3 Å². The molecule has 2 aromatic rings. The highest BCUT2D eigenvalue weighted by Crippen LogP contribution is 2.14. The Kier molecular flexibility index (Phi) is 2.76. The molecule has 0 atom stereocenters. The van der Waals surface area contributed by atoms with Crippen LogP contribution in [0.1, 0.15) is 12.5 Å². The van der Waals surface area contributed by atoms with Crippen LogP contribution in [-0.2, 0) is 6.42 Å². The predicted molar refractivity (Wildman–Crippen MR) is 63.2 cm³/mol. The molecule has 15 heavy (non-hydrogen) atoms. The van der Waals surface area contributed by atoms with Crippen LogP contribution < -0.4 is 5.46 Å². The largest absolute Gasteiger partial charge is 0.488 e. The molecule has 0 aliphatic heterocycles. The summed E-state index contributed by atoms with van der Waals surface area (Å²) >= 11 is 0. The molecule has 0 fully saturated rings. The smallest absolute Gasteiger partial charge is 0.423 e. The van der Waals surface area contributed by atoms with Crippen molar-refractivity contribution in [2.24, 2.45) is 0 Å². The molecule has 2 rings (SSSR count). The molecule has 2 nitrogen and oxygen atoms in total. The van der Waals surface area contributed by atoms with Crippen molar-refractivity contribution in [1.29, 1.82) is 0 Å². The highest BCUT2D eigenvalue weighted by atomic mass is 16.4. The second kappa shape index (κ2) is 4.05. The van der Waals surface area contributed by atoms with Gasteiger partial charge in [0.1, 0.15) is 0 Å². The van der Waals surface area contributed by atoms with Crippen molar-refractivity contribution >= 4 is 23.4 Å². The lowest BCUT2D eigenvalue weighted by Gasteiger charge is -2.09. The van der Waals surface area contributed by atoms with E-state index in [0.717, 1.165) is 22.8 Å². The summed E-state index contributed by atoms with van der Waals surface area (Å²) in [5, 5.41) is 20.7. The van der Waals surface area contributed by atoms with E-state index in [9.17, 15) is 10.0 Å². The van der Waals surface area contributed by atoms with Gasteiger partial charge in [-0.05, 0) is 28.2 Å². The SMILES string of the molecule is CCc1cc2ccccc2cc1B(O)O. The topological polar surface area (TPSA) is 40.5 Å². The zero-order chi connectivity index (χ0) is 10.8. The van der Waals surface area contributed by atoms with Crippen molar-refractivity contribution in [3.05, 3.63) is 42.0 Å². The Morgan fingerprint density at radius 2 is 1.67 bits per heavy atom. The summed E-state index contributed by atoms with van der Waals surface area (Å²) in [6.07, 6.45) is 0.803. The Bertz CT molecular complexity index is 480. The lowest BCUT2D eigenvalue weighted by Crippen LogP contribution is -2.32. The van der Waals surface area contributed by atoms with E-state index in [1.165, 1.54) is 0 Å². The minimum absolute atomic E-state index is 0.608. The van der Waals surface area contributed by atoms with Gasteiger partial charge in [-0.2, -0.15) is 0 Å². The summed E-state index contributed by atoms with van der Waals surface area (Å²) in [4.78, 5) is 0. The predicted octanol–water partition coefficient (Wildman–Crippen LogP) is 1.08. The van der Waals surface area contributed by atoms with E-state index >= 15 is 0 Å². The molecule has 0 aliphatic rings. The molecule has 0 saturated heterocycles. The van der Waals surface area contributed by atoms with Crippen molar-refractivity contribution in [3.8, 4) is 0 Å². The van der Waals surface area contributed by atoms with Gasteiger partial charge >= 0.3 is 7.12 Å². The van der Waals surface area contributed by atoms with Crippen LogP contribution in [0.15, 0.2) is 36.4 Å². The third kappa shape index (κ3) is 1.89. The maximum atomic E-state index is 9.25. The minimum atomic E-state index is -1.38. The number of benzene rings is 2.